The van der Waals surface area contributed by atoms with Crippen molar-refractivity contribution in [3.8, 4) is 0 Å². The summed E-state index contributed by atoms with van der Waals surface area (Å²) >= 11 is 0. The van der Waals surface area contributed by atoms with Gasteiger partial charge in [-0.05, 0) is 35.4 Å². The highest BCUT2D eigenvalue weighted by Gasteiger charge is 2.36. The van der Waals surface area contributed by atoms with Gasteiger partial charge in [0.2, 0.25) is 0 Å². The van der Waals surface area contributed by atoms with Crippen LogP contribution in [-0.4, -0.2) is 32.5 Å². The molecule has 150 valence electrons. The maximum absolute atomic E-state index is 13.2. The molecule has 8 heteroatoms. The highest BCUT2D eigenvalue weighted by Crippen LogP contribution is 2.33. The van der Waals surface area contributed by atoms with Gasteiger partial charge in [0.05, 0.1) is 5.56 Å². The molecule has 0 saturated carbocycles. The fourth-order valence-corrected chi connectivity index (χ4v) is 3.84. The summed E-state index contributed by atoms with van der Waals surface area (Å²) in [4.78, 5) is 26.3. The van der Waals surface area contributed by atoms with E-state index in [-0.39, 0.29) is 24.0 Å². The number of aryl methyl sites for hydroxylation is 1. The van der Waals surface area contributed by atoms with Gasteiger partial charge in [-0.15, -0.1) is 0 Å². The zero-order chi connectivity index (χ0) is 20.9. The number of aliphatic carboxylic acids is 1. The summed E-state index contributed by atoms with van der Waals surface area (Å²) in [6, 6.07) is 10.9. The van der Waals surface area contributed by atoms with Crippen LogP contribution < -0.4 is 0 Å². The summed E-state index contributed by atoms with van der Waals surface area (Å²) < 4.78 is 40.5. The second-order valence-corrected chi connectivity index (χ2v) is 7.12. The first kappa shape index (κ1) is 19.0. The summed E-state index contributed by atoms with van der Waals surface area (Å²) in [6.07, 6.45) is -4.31. The van der Waals surface area contributed by atoms with E-state index in [9.17, 15) is 27.9 Å². The van der Waals surface area contributed by atoms with E-state index >= 15 is 0 Å². The smallest absolute Gasteiger partial charge is 0.416 e. The number of halogens is 3. The Morgan fingerprint density at radius 3 is 2.41 bits per heavy atom. The molecule has 3 aromatic rings. The molecule has 0 saturated heterocycles. The number of carboxylic acids is 1. The van der Waals surface area contributed by atoms with Crippen LogP contribution in [0.5, 0.6) is 0 Å². The van der Waals surface area contributed by atoms with Gasteiger partial charge in [-0.1, -0.05) is 24.3 Å². The Morgan fingerprint density at radius 2 is 1.76 bits per heavy atom. The minimum absolute atomic E-state index is 0.126. The SMILES string of the molecule is Cn1c(C(=O)N2Cc3ccccc3C[C@H]2C(=O)O)cc2cc(C(F)(F)F)ccc21. The Hall–Kier alpha value is -3.29. The van der Waals surface area contributed by atoms with Crippen molar-refractivity contribution < 1.29 is 27.9 Å². The van der Waals surface area contributed by atoms with Gasteiger partial charge in [0.15, 0.2) is 0 Å². The molecule has 0 fully saturated rings. The van der Waals surface area contributed by atoms with Gasteiger partial charge >= 0.3 is 12.1 Å². The molecule has 1 aliphatic heterocycles. The van der Waals surface area contributed by atoms with E-state index in [0.717, 1.165) is 23.3 Å². The van der Waals surface area contributed by atoms with Crippen LogP contribution in [0.25, 0.3) is 10.9 Å². The maximum Gasteiger partial charge on any atom is 0.416 e. The van der Waals surface area contributed by atoms with E-state index < -0.39 is 29.7 Å². The van der Waals surface area contributed by atoms with Gasteiger partial charge < -0.3 is 14.6 Å². The Labute approximate surface area is 164 Å². The molecule has 1 N–H and O–H groups in total. The van der Waals surface area contributed by atoms with E-state index in [1.54, 1.807) is 7.05 Å². The number of rotatable bonds is 2. The zero-order valence-electron chi connectivity index (χ0n) is 15.4. The lowest BCUT2D eigenvalue weighted by Crippen LogP contribution is -2.49. The van der Waals surface area contributed by atoms with Crippen molar-refractivity contribution in [2.45, 2.75) is 25.2 Å². The van der Waals surface area contributed by atoms with E-state index in [0.29, 0.717) is 5.52 Å². The molecule has 2 heterocycles. The molecule has 5 nitrogen and oxygen atoms in total. The normalized spacial score (nSPS) is 16.7. The van der Waals surface area contributed by atoms with Crippen molar-refractivity contribution in [1.29, 1.82) is 0 Å². The molecule has 4 rings (SSSR count). The fraction of sp³-hybridized carbons (Fsp3) is 0.238. The number of carbonyl (C=O) groups is 2. The van der Waals surface area contributed by atoms with Crippen LogP contribution in [0.4, 0.5) is 13.2 Å². The van der Waals surface area contributed by atoms with Crippen molar-refractivity contribution in [2.75, 3.05) is 0 Å². The molecule has 0 spiro atoms. The van der Waals surface area contributed by atoms with Gasteiger partial charge in [0.1, 0.15) is 11.7 Å². The van der Waals surface area contributed by atoms with Crippen LogP contribution in [0.1, 0.15) is 27.2 Å². The van der Waals surface area contributed by atoms with Gasteiger partial charge in [-0.2, -0.15) is 13.2 Å². The first-order chi connectivity index (χ1) is 13.7. The van der Waals surface area contributed by atoms with Crippen LogP contribution in [0, 0.1) is 0 Å². The quantitative estimate of drug-likeness (QED) is 0.708. The Balaban J connectivity index is 1.76. The Morgan fingerprint density at radius 1 is 1.07 bits per heavy atom. The molecule has 1 amide bonds. The van der Waals surface area contributed by atoms with E-state index in [1.165, 1.54) is 21.6 Å². The Kier molecular flexibility index (Phi) is 4.37. The highest BCUT2D eigenvalue weighted by atomic mass is 19.4. The third-order valence-corrected chi connectivity index (χ3v) is 5.38. The van der Waals surface area contributed by atoms with E-state index in [4.69, 9.17) is 0 Å². The number of alkyl halides is 3. The monoisotopic (exact) mass is 402 g/mol. The molecule has 29 heavy (non-hydrogen) atoms. The van der Waals surface area contributed by atoms with Gasteiger partial charge in [0.25, 0.3) is 5.91 Å². The molecule has 1 atom stereocenters. The molecule has 0 radical (unpaired) electrons. The number of hydrogen-bond acceptors (Lipinski definition) is 2. The summed E-state index contributed by atoms with van der Waals surface area (Å²) in [6.45, 7) is 0.126. The number of hydrogen-bond donors (Lipinski definition) is 1. The molecular formula is C21H17F3N2O3. The molecular weight excluding hydrogens is 385 g/mol. The van der Waals surface area contributed by atoms with Gasteiger partial charge in [-0.3, -0.25) is 4.79 Å². The van der Waals surface area contributed by atoms with Crippen LogP contribution in [-0.2, 0) is 31.0 Å². The van der Waals surface area contributed by atoms with Crippen molar-refractivity contribution in [1.82, 2.24) is 9.47 Å². The third-order valence-electron chi connectivity index (χ3n) is 5.38. The summed E-state index contributed by atoms with van der Waals surface area (Å²) in [5.41, 5.74) is 1.53. The number of nitrogens with zero attached hydrogens (tertiary/aromatic N) is 2. The minimum atomic E-state index is -4.49. The fourth-order valence-electron chi connectivity index (χ4n) is 3.84. The second kappa shape index (κ2) is 6.65. The van der Waals surface area contributed by atoms with Crippen LogP contribution in [0.3, 0.4) is 0 Å². The van der Waals surface area contributed by atoms with Crippen molar-refractivity contribution in [2.24, 2.45) is 7.05 Å². The predicted molar refractivity (Wildman–Crippen MR) is 99.4 cm³/mol. The lowest BCUT2D eigenvalue weighted by Gasteiger charge is -2.34. The van der Waals surface area contributed by atoms with Crippen molar-refractivity contribution >= 4 is 22.8 Å². The first-order valence-electron chi connectivity index (χ1n) is 8.94. The van der Waals surface area contributed by atoms with Crippen LogP contribution >= 0.6 is 0 Å². The maximum atomic E-state index is 13.2. The number of carbonyl (C=O) groups excluding carboxylic acids is 1. The number of aromatic nitrogens is 1. The zero-order valence-corrected chi connectivity index (χ0v) is 15.4. The lowest BCUT2D eigenvalue weighted by molar-refractivity contribution is -0.143. The second-order valence-electron chi connectivity index (χ2n) is 7.12. The summed E-state index contributed by atoms with van der Waals surface area (Å²) in [5, 5.41) is 9.91. The first-order valence-corrected chi connectivity index (χ1v) is 8.94. The van der Waals surface area contributed by atoms with Crippen molar-refractivity contribution in [3.05, 3.63) is 70.9 Å². The number of carboxylic acid groups (broad SMARTS) is 1. The predicted octanol–water partition coefficient (Wildman–Crippen LogP) is 3.85. The largest absolute Gasteiger partial charge is 0.480 e. The van der Waals surface area contributed by atoms with E-state index in [2.05, 4.69) is 0 Å². The van der Waals surface area contributed by atoms with Gasteiger partial charge in [0, 0.05) is 30.9 Å². The third kappa shape index (κ3) is 3.24. The topological polar surface area (TPSA) is 62.5 Å². The number of amides is 1. The highest BCUT2D eigenvalue weighted by molar-refractivity contribution is 6.00. The molecule has 1 aliphatic rings. The lowest BCUT2D eigenvalue weighted by atomic mass is 9.93. The van der Waals surface area contributed by atoms with Crippen LogP contribution in [0.2, 0.25) is 0 Å². The summed E-state index contributed by atoms with van der Waals surface area (Å²) in [5.74, 6) is -1.65. The minimum Gasteiger partial charge on any atom is -0.480 e. The molecule has 0 aliphatic carbocycles. The molecule has 1 aromatic heterocycles. The Bertz CT molecular complexity index is 1130. The standard InChI is InChI=1S/C21H17F3N2O3/c1-25-16-7-6-15(21(22,23)24)8-14(16)10-17(25)19(27)26-11-13-5-3-2-4-12(13)9-18(26)20(28)29/h2-8,10,18H,9,11H2,1H3,(H,28,29)/t18-/m0/s1. The molecule has 0 unspecified atom stereocenters. The van der Waals surface area contributed by atoms with Gasteiger partial charge in [-0.25, -0.2) is 4.79 Å². The average Bonchev–Trinajstić information content (AvgIpc) is 3.01. The average molecular weight is 402 g/mol. The van der Waals surface area contributed by atoms with Crippen molar-refractivity contribution in [3.63, 3.8) is 0 Å². The molecule has 0 bridgehead atoms. The molecule has 2 aromatic carbocycles. The summed E-state index contributed by atoms with van der Waals surface area (Å²) in [7, 11) is 1.58. The number of benzene rings is 2. The van der Waals surface area contributed by atoms with Crippen LogP contribution in [0.15, 0.2) is 48.5 Å². The number of fused-ring (bicyclic) bond motifs is 2. The van der Waals surface area contributed by atoms with E-state index in [1.807, 2.05) is 24.3 Å².